The maximum atomic E-state index is 12.6. The average Bonchev–Trinajstić information content (AvgIpc) is 2.45. The third-order valence-electron chi connectivity index (χ3n) is 3.69. The van der Waals surface area contributed by atoms with Gasteiger partial charge in [0.15, 0.2) is 0 Å². The molecule has 21 heavy (non-hydrogen) atoms. The molecule has 2 unspecified atom stereocenters. The summed E-state index contributed by atoms with van der Waals surface area (Å²) < 4.78 is 5.19. The number of aliphatic carboxylic acids is 1. The van der Waals surface area contributed by atoms with Crippen LogP contribution in [0, 0.1) is 11.8 Å². The van der Waals surface area contributed by atoms with Gasteiger partial charge in [0, 0.05) is 18.1 Å². The van der Waals surface area contributed by atoms with E-state index < -0.39 is 11.9 Å². The predicted octanol–water partition coefficient (Wildman–Crippen LogP) is 2.53. The number of methoxy groups -OCH3 is 1. The van der Waals surface area contributed by atoms with E-state index in [1.807, 2.05) is 6.92 Å². The summed E-state index contributed by atoms with van der Waals surface area (Å²) in [5.74, 6) is -1.05. The van der Waals surface area contributed by atoms with Gasteiger partial charge in [-0.15, -0.1) is 0 Å². The van der Waals surface area contributed by atoms with Crippen LogP contribution < -0.4 is 4.74 Å². The molecule has 1 saturated heterocycles. The summed E-state index contributed by atoms with van der Waals surface area (Å²) in [7, 11) is 1.49. The van der Waals surface area contributed by atoms with Crippen molar-refractivity contribution in [2.75, 3.05) is 20.2 Å². The molecule has 1 N–H and O–H groups in total. The number of piperidine rings is 1. The highest BCUT2D eigenvalue weighted by Gasteiger charge is 2.33. The van der Waals surface area contributed by atoms with E-state index in [2.05, 4.69) is 0 Å². The fourth-order valence-corrected chi connectivity index (χ4v) is 2.89. The summed E-state index contributed by atoms with van der Waals surface area (Å²) in [6, 6.07) is 4.84. The Morgan fingerprint density at radius 2 is 2.10 bits per heavy atom. The second kappa shape index (κ2) is 6.35. The Labute approximate surface area is 128 Å². The van der Waals surface area contributed by atoms with Crippen molar-refractivity contribution in [2.45, 2.75) is 13.3 Å². The number of carboxylic acids is 1. The molecular formula is C15H18ClNO4. The Kier molecular flexibility index (Phi) is 4.73. The molecule has 1 fully saturated rings. The molecule has 2 atom stereocenters. The number of likely N-dealkylation sites (tertiary alicyclic amines) is 1. The van der Waals surface area contributed by atoms with E-state index >= 15 is 0 Å². The summed E-state index contributed by atoms with van der Waals surface area (Å²) in [6.45, 7) is 2.71. The highest BCUT2D eigenvalue weighted by atomic mass is 35.5. The third kappa shape index (κ3) is 3.47. The van der Waals surface area contributed by atoms with E-state index in [1.54, 1.807) is 23.1 Å². The van der Waals surface area contributed by atoms with Gasteiger partial charge in [0.2, 0.25) is 0 Å². The monoisotopic (exact) mass is 311 g/mol. The van der Waals surface area contributed by atoms with Gasteiger partial charge in [0.05, 0.1) is 18.6 Å². The molecule has 0 radical (unpaired) electrons. The Hall–Kier alpha value is -1.75. The number of carboxylic acid groups (broad SMARTS) is 1. The van der Waals surface area contributed by atoms with Crippen LogP contribution in [0.15, 0.2) is 18.2 Å². The summed E-state index contributed by atoms with van der Waals surface area (Å²) >= 11 is 5.94. The number of benzene rings is 1. The van der Waals surface area contributed by atoms with Gasteiger partial charge in [0.25, 0.3) is 5.91 Å². The lowest BCUT2D eigenvalue weighted by molar-refractivity contribution is -0.143. The minimum atomic E-state index is -0.864. The van der Waals surface area contributed by atoms with Crippen LogP contribution >= 0.6 is 11.6 Å². The number of carbonyl (C=O) groups is 2. The van der Waals surface area contributed by atoms with Crippen LogP contribution in [0.3, 0.4) is 0 Å². The van der Waals surface area contributed by atoms with E-state index in [9.17, 15) is 14.7 Å². The van der Waals surface area contributed by atoms with Crippen LogP contribution in [0.2, 0.25) is 5.02 Å². The largest absolute Gasteiger partial charge is 0.496 e. The van der Waals surface area contributed by atoms with E-state index in [0.29, 0.717) is 29.3 Å². The van der Waals surface area contributed by atoms with Crippen molar-refractivity contribution in [1.82, 2.24) is 4.90 Å². The number of hydrogen-bond acceptors (Lipinski definition) is 3. The van der Waals surface area contributed by atoms with Gasteiger partial charge in [-0.25, -0.2) is 0 Å². The lowest BCUT2D eigenvalue weighted by atomic mass is 9.90. The third-order valence-corrected chi connectivity index (χ3v) is 3.92. The number of amides is 1. The normalized spacial score (nSPS) is 22.0. The van der Waals surface area contributed by atoms with Crippen LogP contribution in [-0.2, 0) is 4.79 Å². The van der Waals surface area contributed by atoms with Crippen LogP contribution in [-0.4, -0.2) is 42.1 Å². The molecule has 1 aromatic carbocycles. The molecule has 6 heteroatoms. The average molecular weight is 312 g/mol. The molecule has 0 saturated carbocycles. The Bertz CT molecular complexity index is 561. The molecule has 1 aliphatic heterocycles. The summed E-state index contributed by atoms with van der Waals surface area (Å²) in [5, 5.41) is 9.63. The molecule has 5 nitrogen and oxygen atoms in total. The summed E-state index contributed by atoms with van der Waals surface area (Å²) in [5.41, 5.74) is 0.364. The lowest BCUT2D eigenvalue weighted by Crippen LogP contribution is -2.45. The van der Waals surface area contributed by atoms with Crippen LogP contribution in [0.4, 0.5) is 0 Å². The number of hydrogen-bond donors (Lipinski definition) is 1. The van der Waals surface area contributed by atoms with E-state index in [1.165, 1.54) is 7.11 Å². The van der Waals surface area contributed by atoms with Gasteiger partial charge in [0.1, 0.15) is 5.75 Å². The van der Waals surface area contributed by atoms with Crippen molar-refractivity contribution >= 4 is 23.5 Å². The first-order valence-corrected chi connectivity index (χ1v) is 7.15. The highest BCUT2D eigenvalue weighted by Crippen LogP contribution is 2.28. The first kappa shape index (κ1) is 15.6. The van der Waals surface area contributed by atoms with Crippen LogP contribution in [0.5, 0.6) is 5.75 Å². The Balaban J connectivity index is 2.26. The topological polar surface area (TPSA) is 66.8 Å². The number of ether oxygens (including phenoxy) is 1. The van der Waals surface area contributed by atoms with E-state index in [-0.39, 0.29) is 18.4 Å². The van der Waals surface area contributed by atoms with Crippen molar-refractivity contribution in [3.8, 4) is 5.75 Å². The molecule has 0 aromatic heterocycles. The predicted molar refractivity (Wildman–Crippen MR) is 78.8 cm³/mol. The molecule has 0 aliphatic carbocycles. The van der Waals surface area contributed by atoms with E-state index in [4.69, 9.17) is 16.3 Å². The number of carbonyl (C=O) groups excluding carboxylic acids is 1. The lowest BCUT2D eigenvalue weighted by Gasteiger charge is -2.35. The standard InChI is InChI=1S/C15H18ClNO4/c1-9-5-10(15(19)20)8-17(7-9)14(18)12-6-11(16)3-4-13(12)21-2/h3-4,6,9-10H,5,7-8H2,1-2H3,(H,19,20). The van der Waals surface area contributed by atoms with Gasteiger partial charge in [-0.05, 0) is 30.5 Å². The quantitative estimate of drug-likeness (QED) is 0.931. The fraction of sp³-hybridized carbons (Fsp3) is 0.467. The zero-order valence-electron chi connectivity index (χ0n) is 12.0. The minimum Gasteiger partial charge on any atom is -0.496 e. The molecule has 1 aromatic rings. The van der Waals surface area contributed by atoms with Crippen LogP contribution in [0.25, 0.3) is 0 Å². The zero-order chi connectivity index (χ0) is 15.6. The van der Waals surface area contributed by atoms with Crippen LogP contribution in [0.1, 0.15) is 23.7 Å². The maximum Gasteiger partial charge on any atom is 0.308 e. The van der Waals surface area contributed by atoms with Crippen molar-refractivity contribution in [1.29, 1.82) is 0 Å². The minimum absolute atomic E-state index is 0.147. The summed E-state index contributed by atoms with van der Waals surface area (Å²) in [6.07, 6.45) is 0.589. The zero-order valence-corrected chi connectivity index (χ0v) is 12.8. The second-order valence-electron chi connectivity index (χ2n) is 5.43. The second-order valence-corrected chi connectivity index (χ2v) is 5.87. The molecule has 0 bridgehead atoms. The van der Waals surface area contributed by atoms with Crippen molar-refractivity contribution in [2.24, 2.45) is 11.8 Å². The van der Waals surface area contributed by atoms with Crippen molar-refractivity contribution in [3.63, 3.8) is 0 Å². The Morgan fingerprint density at radius 3 is 2.71 bits per heavy atom. The molecule has 1 amide bonds. The van der Waals surface area contributed by atoms with Gasteiger partial charge in [-0.3, -0.25) is 9.59 Å². The smallest absolute Gasteiger partial charge is 0.308 e. The maximum absolute atomic E-state index is 12.6. The number of nitrogens with zero attached hydrogens (tertiary/aromatic N) is 1. The number of rotatable bonds is 3. The number of halogens is 1. The first-order chi connectivity index (χ1) is 9.92. The SMILES string of the molecule is COc1ccc(Cl)cc1C(=O)N1CC(C)CC(C(=O)O)C1. The molecule has 1 heterocycles. The highest BCUT2D eigenvalue weighted by molar-refractivity contribution is 6.31. The van der Waals surface area contributed by atoms with Crippen molar-refractivity contribution < 1.29 is 19.4 Å². The van der Waals surface area contributed by atoms with Crippen molar-refractivity contribution in [3.05, 3.63) is 28.8 Å². The van der Waals surface area contributed by atoms with Gasteiger partial charge >= 0.3 is 5.97 Å². The molecule has 2 rings (SSSR count). The molecule has 1 aliphatic rings. The van der Waals surface area contributed by atoms with E-state index in [0.717, 1.165) is 0 Å². The Morgan fingerprint density at radius 1 is 1.38 bits per heavy atom. The molecular weight excluding hydrogens is 294 g/mol. The van der Waals surface area contributed by atoms with Gasteiger partial charge in [-0.1, -0.05) is 18.5 Å². The summed E-state index contributed by atoms with van der Waals surface area (Å²) in [4.78, 5) is 25.4. The molecule has 114 valence electrons. The molecule has 0 spiro atoms. The fourth-order valence-electron chi connectivity index (χ4n) is 2.71. The van der Waals surface area contributed by atoms with Gasteiger partial charge < -0.3 is 14.7 Å². The first-order valence-electron chi connectivity index (χ1n) is 6.78. The van der Waals surface area contributed by atoms with Gasteiger partial charge in [-0.2, -0.15) is 0 Å².